The van der Waals surface area contributed by atoms with Gasteiger partial charge >= 0.3 is 0 Å². The molecule has 24 heavy (non-hydrogen) atoms. The first-order valence-electron chi connectivity index (χ1n) is 9.03. The van der Waals surface area contributed by atoms with Crippen LogP contribution in [-0.2, 0) is 11.2 Å². The Hall–Kier alpha value is -1.71. The van der Waals surface area contributed by atoms with E-state index in [4.69, 9.17) is 9.47 Å². The zero-order valence-corrected chi connectivity index (χ0v) is 15.9. The summed E-state index contributed by atoms with van der Waals surface area (Å²) in [6.07, 6.45) is 2.66. The van der Waals surface area contributed by atoms with Crippen LogP contribution in [0.3, 0.4) is 0 Å². The lowest BCUT2D eigenvalue weighted by molar-refractivity contribution is -0.139. The minimum absolute atomic E-state index is 0.0988. The molecule has 0 unspecified atom stereocenters. The first kappa shape index (κ1) is 18.6. The van der Waals surface area contributed by atoms with Gasteiger partial charge in [0.05, 0.1) is 20.3 Å². The SMILES string of the molecule is CCC(CC)C(=O)N1CCc2cc(OC)c(OC)cc2[C@H]1C(C)C. The van der Waals surface area contributed by atoms with Gasteiger partial charge in [0.15, 0.2) is 11.5 Å². The van der Waals surface area contributed by atoms with Gasteiger partial charge in [0.1, 0.15) is 0 Å². The standard InChI is InChI=1S/C20H31NO3/c1-7-14(8-2)20(22)21-10-9-15-11-17(23-5)18(24-6)12-16(15)19(21)13(3)4/h11-14,19H,7-10H2,1-6H3/t19-/m1/s1. The van der Waals surface area contributed by atoms with Crippen molar-refractivity contribution in [2.45, 2.75) is 53.0 Å². The van der Waals surface area contributed by atoms with Crippen molar-refractivity contribution >= 4 is 5.91 Å². The largest absolute Gasteiger partial charge is 0.493 e. The Morgan fingerprint density at radius 1 is 1.17 bits per heavy atom. The van der Waals surface area contributed by atoms with Gasteiger partial charge in [-0.25, -0.2) is 0 Å². The number of methoxy groups -OCH3 is 2. The second kappa shape index (κ2) is 7.91. The van der Waals surface area contributed by atoms with E-state index in [1.165, 1.54) is 11.1 Å². The molecule has 1 aromatic carbocycles. The van der Waals surface area contributed by atoms with E-state index in [1.807, 2.05) is 0 Å². The Kier molecular flexibility index (Phi) is 6.14. The summed E-state index contributed by atoms with van der Waals surface area (Å²) in [4.78, 5) is 15.1. The maximum Gasteiger partial charge on any atom is 0.226 e. The predicted octanol–water partition coefficient (Wildman–Crippen LogP) is 4.22. The highest BCUT2D eigenvalue weighted by molar-refractivity contribution is 5.79. The van der Waals surface area contributed by atoms with E-state index in [2.05, 4.69) is 44.7 Å². The predicted molar refractivity (Wildman–Crippen MR) is 96.6 cm³/mol. The normalized spacial score (nSPS) is 17.2. The summed E-state index contributed by atoms with van der Waals surface area (Å²) in [6, 6.07) is 4.23. The molecule has 1 aliphatic heterocycles. The fourth-order valence-corrected chi connectivity index (χ4v) is 3.82. The number of benzene rings is 1. The number of hydrogen-bond acceptors (Lipinski definition) is 3. The zero-order valence-electron chi connectivity index (χ0n) is 15.9. The molecule has 134 valence electrons. The van der Waals surface area contributed by atoms with E-state index >= 15 is 0 Å². The molecule has 0 spiro atoms. The monoisotopic (exact) mass is 333 g/mol. The number of nitrogens with zero attached hydrogens (tertiary/aromatic N) is 1. The van der Waals surface area contributed by atoms with Gasteiger partial charge in [-0.2, -0.15) is 0 Å². The highest BCUT2D eigenvalue weighted by Crippen LogP contribution is 2.41. The van der Waals surface area contributed by atoms with Crippen LogP contribution in [0.1, 0.15) is 57.7 Å². The van der Waals surface area contributed by atoms with Gasteiger partial charge in [0.25, 0.3) is 0 Å². The van der Waals surface area contributed by atoms with Crippen LogP contribution in [0.15, 0.2) is 12.1 Å². The number of carbonyl (C=O) groups excluding carboxylic acids is 1. The first-order chi connectivity index (χ1) is 11.5. The maximum absolute atomic E-state index is 13.0. The van der Waals surface area contributed by atoms with Crippen molar-refractivity contribution in [2.75, 3.05) is 20.8 Å². The van der Waals surface area contributed by atoms with Gasteiger partial charge in [0.2, 0.25) is 5.91 Å². The van der Waals surface area contributed by atoms with Crippen LogP contribution in [0.25, 0.3) is 0 Å². The number of ether oxygens (including phenoxy) is 2. The number of rotatable bonds is 6. The van der Waals surface area contributed by atoms with E-state index in [0.717, 1.165) is 37.3 Å². The third kappa shape index (κ3) is 3.38. The van der Waals surface area contributed by atoms with Crippen LogP contribution in [0.5, 0.6) is 11.5 Å². The Labute approximate surface area is 146 Å². The van der Waals surface area contributed by atoms with Crippen molar-refractivity contribution in [2.24, 2.45) is 11.8 Å². The third-order valence-corrected chi connectivity index (χ3v) is 5.17. The summed E-state index contributed by atoms with van der Waals surface area (Å²) in [6.45, 7) is 9.35. The maximum atomic E-state index is 13.0. The molecule has 1 heterocycles. The second-order valence-electron chi connectivity index (χ2n) is 6.89. The second-order valence-corrected chi connectivity index (χ2v) is 6.89. The fraction of sp³-hybridized carbons (Fsp3) is 0.650. The molecule has 0 bridgehead atoms. The van der Waals surface area contributed by atoms with Crippen molar-refractivity contribution in [3.05, 3.63) is 23.3 Å². The highest BCUT2D eigenvalue weighted by Gasteiger charge is 2.35. The fourth-order valence-electron chi connectivity index (χ4n) is 3.82. The molecule has 0 saturated carbocycles. The van der Waals surface area contributed by atoms with Gasteiger partial charge in [-0.05, 0) is 48.4 Å². The molecule has 0 N–H and O–H groups in total. The van der Waals surface area contributed by atoms with E-state index < -0.39 is 0 Å². The number of amides is 1. The molecule has 4 heteroatoms. The molecular weight excluding hydrogens is 302 g/mol. The number of carbonyl (C=O) groups is 1. The molecule has 0 saturated heterocycles. The lowest BCUT2D eigenvalue weighted by atomic mass is 9.84. The molecule has 1 aromatic rings. The molecule has 1 atom stereocenters. The average Bonchev–Trinajstić information content (AvgIpc) is 2.59. The van der Waals surface area contributed by atoms with Crippen LogP contribution in [-0.4, -0.2) is 31.6 Å². The van der Waals surface area contributed by atoms with Crippen molar-refractivity contribution in [3.63, 3.8) is 0 Å². The minimum Gasteiger partial charge on any atom is -0.493 e. The molecular formula is C20H31NO3. The molecule has 4 nitrogen and oxygen atoms in total. The molecule has 1 amide bonds. The molecule has 0 fully saturated rings. The van der Waals surface area contributed by atoms with Crippen molar-refractivity contribution < 1.29 is 14.3 Å². The smallest absolute Gasteiger partial charge is 0.226 e. The van der Waals surface area contributed by atoms with Crippen molar-refractivity contribution in [3.8, 4) is 11.5 Å². The lowest BCUT2D eigenvalue weighted by Crippen LogP contribution is -2.44. The molecule has 0 aromatic heterocycles. The van der Waals surface area contributed by atoms with Gasteiger partial charge in [0, 0.05) is 12.5 Å². The average molecular weight is 333 g/mol. The molecule has 1 aliphatic rings. The summed E-state index contributed by atoms with van der Waals surface area (Å²) in [5.74, 6) is 2.25. The summed E-state index contributed by atoms with van der Waals surface area (Å²) >= 11 is 0. The molecule has 2 rings (SSSR count). The lowest BCUT2D eigenvalue weighted by Gasteiger charge is -2.41. The summed E-state index contributed by atoms with van der Waals surface area (Å²) in [5, 5.41) is 0. The Balaban J connectivity index is 2.46. The van der Waals surface area contributed by atoms with E-state index in [0.29, 0.717) is 11.8 Å². The van der Waals surface area contributed by atoms with E-state index in [1.54, 1.807) is 14.2 Å². The van der Waals surface area contributed by atoms with Crippen LogP contribution in [0, 0.1) is 11.8 Å². The highest BCUT2D eigenvalue weighted by atomic mass is 16.5. The van der Waals surface area contributed by atoms with Crippen molar-refractivity contribution in [1.82, 2.24) is 4.90 Å². The van der Waals surface area contributed by atoms with Crippen molar-refractivity contribution in [1.29, 1.82) is 0 Å². The quantitative estimate of drug-likeness (QED) is 0.782. The Bertz CT molecular complexity index is 578. The van der Waals surface area contributed by atoms with Crippen LogP contribution in [0.4, 0.5) is 0 Å². The third-order valence-electron chi connectivity index (χ3n) is 5.17. The van der Waals surface area contributed by atoms with Gasteiger partial charge in [-0.3, -0.25) is 4.79 Å². The van der Waals surface area contributed by atoms with Crippen LogP contribution >= 0.6 is 0 Å². The summed E-state index contributed by atoms with van der Waals surface area (Å²) in [5.41, 5.74) is 2.47. The molecule has 0 aliphatic carbocycles. The first-order valence-corrected chi connectivity index (χ1v) is 9.03. The summed E-state index contributed by atoms with van der Waals surface area (Å²) < 4.78 is 10.9. The van der Waals surface area contributed by atoms with Gasteiger partial charge < -0.3 is 14.4 Å². The van der Waals surface area contributed by atoms with Gasteiger partial charge in [-0.1, -0.05) is 27.7 Å². The molecule has 0 radical (unpaired) electrons. The zero-order chi connectivity index (χ0) is 17.9. The number of hydrogen-bond donors (Lipinski definition) is 0. The van der Waals surface area contributed by atoms with E-state index in [9.17, 15) is 4.79 Å². The Morgan fingerprint density at radius 2 is 1.75 bits per heavy atom. The Morgan fingerprint density at radius 3 is 2.25 bits per heavy atom. The minimum atomic E-state index is 0.0988. The van der Waals surface area contributed by atoms with E-state index in [-0.39, 0.29) is 12.0 Å². The van der Waals surface area contributed by atoms with Gasteiger partial charge in [-0.15, -0.1) is 0 Å². The van der Waals surface area contributed by atoms with Crippen LogP contribution < -0.4 is 9.47 Å². The summed E-state index contributed by atoms with van der Waals surface area (Å²) in [7, 11) is 3.32. The number of fused-ring (bicyclic) bond motifs is 1. The topological polar surface area (TPSA) is 38.8 Å². The van der Waals surface area contributed by atoms with Crippen LogP contribution in [0.2, 0.25) is 0 Å².